The summed E-state index contributed by atoms with van der Waals surface area (Å²) in [5.41, 5.74) is 5.40. The Morgan fingerprint density at radius 2 is 2.27 bits per heavy atom. The van der Waals surface area contributed by atoms with Gasteiger partial charge in [0.05, 0.1) is 0 Å². The van der Waals surface area contributed by atoms with Gasteiger partial charge in [0.2, 0.25) is 5.91 Å². The number of hydrogen-bond acceptors (Lipinski definition) is 2. The molecule has 0 aromatic rings. The summed E-state index contributed by atoms with van der Waals surface area (Å²) in [6.45, 7) is 5.36. The van der Waals surface area contributed by atoms with Gasteiger partial charge >= 0.3 is 0 Å². The third kappa shape index (κ3) is 5.85. The van der Waals surface area contributed by atoms with Crippen molar-refractivity contribution in [2.75, 3.05) is 13.1 Å². The van der Waals surface area contributed by atoms with Crippen molar-refractivity contribution in [3.63, 3.8) is 0 Å². The number of nitrogens with one attached hydrogen (secondary N) is 1. The number of carbonyl (C=O) groups excluding carboxylic acids is 1. The lowest BCUT2D eigenvalue weighted by Gasteiger charge is -2.06. The van der Waals surface area contributed by atoms with E-state index in [2.05, 4.69) is 12.2 Å². The molecule has 0 spiro atoms. The summed E-state index contributed by atoms with van der Waals surface area (Å²) in [6.07, 6.45) is 1.49. The average Bonchev–Trinajstić information content (AvgIpc) is 2.01. The van der Waals surface area contributed by atoms with E-state index in [1.54, 1.807) is 0 Å². The van der Waals surface area contributed by atoms with Crippen LogP contribution in [0.15, 0.2) is 0 Å². The zero-order chi connectivity index (χ0) is 8.69. The predicted octanol–water partition coefficient (Wildman–Crippen LogP) is 0.497. The quantitative estimate of drug-likeness (QED) is 0.612. The third-order valence-electron chi connectivity index (χ3n) is 1.64. The van der Waals surface area contributed by atoms with Crippen LogP contribution in [0.25, 0.3) is 0 Å². The normalized spacial score (nSPS) is 12.6. The minimum absolute atomic E-state index is 0.132. The fraction of sp³-hybridized carbons (Fsp3) is 0.875. The van der Waals surface area contributed by atoms with Gasteiger partial charge in [-0.2, -0.15) is 0 Å². The van der Waals surface area contributed by atoms with Crippen LogP contribution < -0.4 is 11.1 Å². The molecule has 0 aliphatic rings. The molecule has 11 heavy (non-hydrogen) atoms. The number of hydrogen-bond donors (Lipinski definition) is 2. The van der Waals surface area contributed by atoms with E-state index in [1.165, 1.54) is 0 Å². The van der Waals surface area contributed by atoms with Crippen molar-refractivity contribution in [3.05, 3.63) is 0 Å². The maximum absolute atomic E-state index is 10.9. The molecule has 1 amide bonds. The van der Waals surface area contributed by atoms with Gasteiger partial charge < -0.3 is 11.1 Å². The molecule has 0 aromatic heterocycles. The first-order valence-corrected chi connectivity index (χ1v) is 4.17. The Labute approximate surface area is 68.3 Å². The fourth-order valence-electron chi connectivity index (χ4n) is 0.781. The molecule has 0 aliphatic heterocycles. The molecule has 0 heterocycles. The standard InChI is InChI=1S/C8H18N2O/c1-3-10-8(11)5-4-7(2)6-9/h7H,3-6,9H2,1-2H3,(H,10,11). The molecule has 1 atom stereocenters. The van der Waals surface area contributed by atoms with Crippen molar-refractivity contribution in [3.8, 4) is 0 Å². The molecule has 0 rings (SSSR count). The van der Waals surface area contributed by atoms with Gasteiger partial charge in [-0.25, -0.2) is 0 Å². The molecule has 3 N–H and O–H groups in total. The number of rotatable bonds is 5. The van der Waals surface area contributed by atoms with Crippen molar-refractivity contribution in [2.24, 2.45) is 11.7 Å². The lowest BCUT2D eigenvalue weighted by atomic mass is 10.1. The molecule has 0 bridgehead atoms. The van der Waals surface area contributed by atoms with E-state index in [0.29, 0.717) is 18.9 Å². The third-order valence-corrected chi connectivity index (χ3v) is 1.64. The van der Waals surface area contributed by atoms with Crippen LogP contribution in [-0.2, 0) is 4.79 Å². The van der Waals surface area contributed by atoms with Crippen LogP contribution in [0.4, 0.5) is 0 Å². The van der Waals surface area contributed by atoms with Crippen molar-refractivity contribution >= 4 is 5.91 Å². The lowest BCUT2D eigenvalue weighted by Crippen LogP contribution is -2.23. The Morgan fingerprint density at radius 1 is 1.64 bits per heavy atom. The summed E-state index contributed by atoms with van der Waals surface area (Å²) in [6, 6.07) is 0. The van der Waals surface area contributed by atoms with E-state index >= 15 is 0 Å². The summed E-state index contributed by atoms with van der Waals surface area (Å²) in [4.78, 5) is 10.9. The van der Waals surface area contributed by atoms with E-state index in [9.17, 15) is 4.79 Å². The van der Waals surface area contributed by atoms with Gasteiger partial charge in [0, 0.05) is 13.0 Å². The van der Waals surface area contributed by atoms with Gasteiger partial charge in [-0.3, -0.25) is 4.79 Å². The Kier molecular flexibility index (Phi) is 5.84. The average molecular weight is 158 g/mol. The molecular formula is C8H18N2O. The Balaban J connectivity index is 3.30. The second kappa shape index (κ2) is 6.16. The molecule has 0 aromatic carbocycles. The minimum atomic E-state index is 0.132. The van der Waals surface area contributed by atoms with E-state index in [0.717, 1.165) is 13.0 Å². The Morgan fingerprint density at radius 3 is 2.73 bits per heavy atom. The second-order valence-corrected chi connectivity index (χ2v) is 2.83. The topological polar surface area (TPSA) is 55.1 Å². The van der Waals surface area contributed by atoms with Gasteiger partial charge in [-0.15, -0.1) is 0 Å². The van der Waals surface area contributed by atoms with Crippen LogP contribution in [0.5, 0.6) is 0 Å². The molecule has 0 saturated heterocycles. The Bertz CT molecular complexity index is 115. The monoisotopic (exact) mass is 158 g/mol. The van der Waals surface area contributed by atoms with Gasteiger partial charge in [0.25, 0.3) is 0 Å². The molecule has 0 radical (unpaired) electrons. The van der Waals surface area contributed by atoms with Crippen LogP contribution in [0.2, 0.25) is 0 Å². The molecule has 0 saturated carbocycles. The van der Waals surface area contributed by atoms with Gasteiger partial charge in [0.1, 0.15) is 0 Å². The Hall–Kier alpha value is -0.570. The zero-order valence-corrected chi connectivity index (χ0v) is 7.39. The number of amides is 1. The molecule has 66 valence electrons. The van der Waals surface area contributed by atoms with Crippen LogP contribution in [0.1, 0.15) is 26.7 Å². The summed E-state index contributed by atoms with van der Waals surface area (Å²) in [7, 11) is 0. The van der Waals surface area contributed by atoms with Gasteiger partial charge in [0.15, 0.2) is 0 Å². The highest BCUT2D eigenvalue weighted by Crippen LogP contribution is 2.02. The molecule has 3 heteroatoms. The molecular weight excluding hydrogens is 140 g/mol. The molecule has 1 unspecified atom stereocenters. The SMILES string of the molecule is CCNC(=O)CCC(C)CN. The van der Waals surface area contributed by atoms with Crippen molar-refractivity contribution < 1.29 is 4.79 Å². The number of carbonyl (C=O) groups is 1. The van der Waals surface area contributed by atoms with Crippen LogP contribution in [0.3, 0.4) is 0 Å². The maximum Gasteiger partial charge on any atom is 0.219 e. The highest BCUT2D eigenvalue weighted by atomic mass is 16.1. The highest BCUT2D eigenvalue weighted by molar-refractivity contribution is 5.75. The fourth-order valence-corrected chi connectivity index (χ4v) is 0.781. The van der Waals surface area contributed by atoms with Gasteiger partial charge in [-0.1, -0.05) is 6.92 Å². The molecule has 0 aliphatic carbocycles. The molecule has 3 nitrogen and oxygen atoms in total. The summed E-state index contributed by atoms with van der Waals surface area (Å²) >= 11 is 0. The first kappa shape index (κ1) is 10.4. The van der Waals surface area contributed by atoms with Crippen LogP contribution in [0, 0.1) is 5.92 Å². The minimum Gasteiger partial charge on any atom is -0.356 e. The van der Waals surface area contributed by atoms with Crippen molar-refractivity contribution in [1.82, 2.24) is 5.32 Å². The maximum atomic E-state index is 10.9. The van der Waals surface area contributed by atoms with Crippen molar-refractivity contribution in [1.29, 1.82) is 0 Å². The van der Waals surface area contributed by atoms with Gasteiger partial charge in [-0.05, 0) is 25.8 Å². The van der Waals surface area contributed by atoms with E-state index in [-0.39, 0.29) is 5.91 Å². The zero-order valence-electron chi connectivity index (χ0n) is 7.39. The van der Waals surface area contributed by atoms with E-state index in [1.807, 2.05) is 6.92 Å². The summed E-state index contributed by atoms with van der Waals surface area (Å²) in [5.74, 6) is 0.588. The van der Waals surface area contributed by atoms with Crippen molar-refractivity contribution in [2.45, 2.75) is 26.7 Å². The lowest BCUT2D eigenvalue weighted by molar-refractivity contribution is -0.121. The first-order valence-electron chi connectivity index (χ1n) is 4.17. The smallest absolute Gasteiger partial charge is 0.219 e. The van der Waals surface area contributed by atoms with Crippen LogP contribution in [-0.4, -0.2) is 19.0 Å². The number of nitrogens with two attached hydrogens (primary N) is 1. The molecule has 0 fully saturated rings. The largest absolute Gasteiger partial charge is 0.356 e. The summed E-state index contributed by atoms with van der Waals surface area (Å²) in [5, 5.41) is 2.75. The highest BCUT2D eigenvalue weighted by Gasteiger charge is 2.03. The predicted molar refractivity (Wildman–Crippen MR) is 46.1 cm³/mol. The first-order chi connectivity index (χ1) is 5.20. The van der Waals surface area contributed by atoms with Crippen LogP contribution >= 0.6 is 0 Å². The summed E-state index contributed by atoms with van der Waals surface area (Å²) < 4.78 is 0. The second-order valence-electron chi connectivity index (χ2n) is 2.83. The van der Waals surface area contributed by atoms with E-state index < -0.39 is 0 Å². The van der Waals surface area contributed by atoms with E-state index in [4.69, 9.17) is 5.73 Å².